The van der Waals surface area contributed by atoms with Gasteiger partial charge in [0.2, 0.25) is 0 Å². The van der Waals surface area contributed by atoms with Crippen LogP contribution in [0.3, 0.4) is 0 Å². The Bertz CT molecular complexity index is 744. The zero-order valence-electron chi connectivity index (χ0n) is 11.0. The second-order valence-corrected chi connectivity index (χ2v) is 6.63. The summed E-state index contributed by atoms with van der Waals surface area (Å²) >= 11 is 2.34. The van der Waals surface area contributed by atoms with E-state index in [4.69, 9.17) is 10.2 Å². The van der Waals surface area contributed by atoms with Crippen LogP contribution >= 0.6 is 23.1 Å². The number of aliphatic carboxylic acids is 2. The minimum atomic E-state index is -1.17. The van der Waals surface area contributed by atoms with Crippen molar-refractivity contribution in [2.75, 3.05) is 5.75 Å². The van der Waals surface area contributed by atoms with Gasteiger partial charge in [-0.05, 0) is 6.07 Å². The van der Waals surface area contributed by atoms with Crippen molar-refractivity contribution in [2.24, 2.45) is 5.92 Å². The first-order chi connectivity index (χ1) is 10.4. The van der Waals surface area contributed by atoms with E-state index < -0.39 is 29.2 Å². The minimum Gasteiger partial charge on any atom is -0.481 e. The van der Waals surface area contributed by atoms with Gasteiger partial charge in [0.25, 0.3) is 5.69 Å². The van der Waals surface area contributed by atoms with E-state index in [9.17, 15) is 19.7 Å². The van der Waals surface area contributed by atoms with Crippen molar-refractivity contribution in [1.29, 1.82) is 0 Å². The highest BCUT2D eigenvalue weighted by Crippen LogP contribution is 2.33. The molecule has 0 aliphatic rings. The molecule has 22 heavy (non-hydrogen) atoms. The highest BCUT2D eigenvalue weighted by molar-refractivity contribution is 8.01. The third-order valence-electron chi connectivity index (χ3n) is 2.74. The third kappa shape index (κ3) is 3.92. The molecule has 2 aromatic rings. The Kier molecular flexibility index (Phi) is 4.93. The molecule has 0 saturated heterocycles. The summed E-state index contributed by atoms with van der Waals surface area (Å²) in [5.74, 6) is -3.28. The van der Waals surface area contributed by atoms with E-state index in [1.54, 1.807) is 0 Å². The normalized spacial score (nSPS) is 12.2. The summed E-state index contributed by atoms with van der Waals surface area (Å²) in [6.07, 6.45) is -0.460. The lowest BCUT2D eigenvalue weighted by Gasteiger charge is -2.07. The molecule has 1 atom stereocenters. The smallest absolute Gasteiger partial charge is 0.307 e. The van der Waals surface area contributed by atoms with Gasteiger partial charge in [0.1, 0.15) is 0 Å². The maximum atomic E-state index is 11.0. The first kappa shape index (κ1) is 16.2. The molecular formula is C12H10N2O6S2. The number of nitrogens with zero attached hydrogens (tertiary/aromatic N) is 2. The number of hydrogen-bond acceptors (Lipinski definition) is 7. The first-order valence-electron chi connectivity index (χ1n) is 5.99. The fraction of sp³-hybridized carbons (Fsp3) is 0.250. The largest absolute Gasteiger partial charge is 0.481 e. The van der Waals surface area contributed by atoms with Crippen molar-refractivity contribution in [1.82, 2.24) is 4.98 Å². The van der Waals surface area contributed by atoms with E-state index in [-0.39, 0.29) is 11.4 Å². The van der Waals surface area contributed by atoms with Crippen LogP contribution in [-0.4, -0.2) is 37.8 Å². The number of aromatic nitrogens is 1. The molecular weight excluding hydrogens is 332 g/mol. The molecule has 0 radical (unpaired) electrons. The number of nitro benzene ring substituents is 1. The van der Waals surface area contributed by atoms with E-state index >= 15 is 0 Å². The monoisotopic (exact) mass is 342 g/mol. The molecule has 10 heteroatoms. The van der Waals surface area contributed by atoms with Gasteiger partial charge in [-0.15, -0.1) is 11.3 Å². The molecule has 1 aromatic heterocycles. The van der Waals surface area contributed by atoms with E-state index in [0.717, 1.165) is 11.8 Å². The van der Waals surface area contributed by atoms with Crippen molar-refractivity contribution >= 4 is 50.9 Å². The summed E-state index contributed by atoms with van der Waals surface area (Å²) in [6, 6.07) is 4.28. The lowest BCUT2D eigenvalue weighted by molar-refractivity contribution is -0.384. The van der Waals surface area contributed by atoms with Crippen molar-refractivity contribution in [3.05, 3.63) is 28.3 Å². The average molecular weight is 342 g/mol. The zero-order chi connectivity index (χ0) is 16.3. The summed E-state index contributed by atoms with van der Waals surface area (Å²) in [5, 5.41) is 28.4. The molecule has 8 nitrogen and oxygen atoms in total. The van der Waals surface area contributed by atoms with Crippen LogP contribution in [0.15, 0.2) is 22.5 Å². The van der Waals surface area contributed by atoms with Gasteiger partial charge < -0.3 is 10.2 Å². The second kappa shape index (κ2) is 6.71. The number of hydrogen-bond donors (Lipinski definition) is 2. The molecule has 2 rings (SSSR count). The summed E-state index contributed by atoms with van der Waals surface area (Å²) < 4.78 is 1.17. The molecule has 0 bridgehead atoms. The fourth-order valence-electron chi connectivity index (χ4n) is 1.67. The van der Waals surface area contributed by atoms with Crippen LogP contribution in [0.25, 0.3) is 10.2 Å². The van der Waals surface area contributed by atoms with Gasteiger partial charge in [-0.3, -0.25) is 19.7 Å². The quantitative estimate of drug-likeness (QED) is 0.446. The highest BCUT2D eigenvalue weighted by Gasteiger charge is 2.22. The van der Waals surface area contributed by atoms with Gasteiger partial charge in [-0.1, -0.05) is 11.8 Å². The van der Waals surface area contributed by atoms with Gasteiger partial charge in [0, 0.05) is 17.9 Å². The van der Waals surface area contributed by atoms with Crippen LogP contribution in [-0.2, 0) is 9.59 Å². The van der Waals surface area contributed by atoms with Crippen LogP contribution in [0.5, 0.6) is 0 Å². The van der Waals surface area contributed by atoms with Gasteiger partial charge in [0.05, 0.1) is 27.5 Å². The Morgan fingerprint density at radius 2 is 2.14 bits per heavy atom. The maximum Gasteiger partial charge on any atom is 0.307 e. The van der Waals surface area contributed by atoms with Crippen molar-refractivity contribution in [2.45, 2.75) is 10.8 Å². The van der Waals surface area contributed by atoms with Crippen molar-refractivity contribution in [3.8, 4) is 0 Å². The van der Waals surface area contributed by atoms with Crippen molar-refractivity contribution in [3.63, 3.8) is 0 Å². The predicted molar refractivity (Wildman–Crippen MR) is 80.4 cm³/mol. The topological polar surface area (TPSA) is 131 Å². The molecule has 1 aromatic carbocycles. The first-order valence-corrected chi connectivity index (χ1v) is 7.79. The number of benzene rings is 1. The van der Waals surface area contributed by atoms with Crippen LogP contribution < -0.4 is 0 Å². The molecule has 2 N–H and O–H groups in total. The maximum absolute atomic E-state index is 11.0. The molecule has 0 fully saturated rings. The standard InChI is InChI=1S/C12H10N2O6S2/c15-10(16)3-6(11(17)18)5-21-12-13-8-2-1-7(14(19)20)4-9(8)22-12/h1-2,4,6H,3,5H2,(H,15,16)(H,17,18). The van der Waals surface area contributed by atoms with Gasteiger partial charge in [-0.2, -0.15) is 0 Å². The number of carboxylic acid groups (broad SMARTS) is 2. The minimum absolute atomic E-state index is 0.0398. The Labute approximate surface area is 131 Å². The van der Waals surface area contributed by atoms with E-state index in [1.165, 1.54) is 29.5 Å². The van der Waals surface area contributed by atoms with Gasteiger partial charge >= 0.3 is 11.9 Å². The molecule has 0 aliphatic heterocycles. The lowest BCUT2D eigenvalue weighted by atomic mass is 10.1. The SMILES string of the molecule is O=C(O)CC(CSc1nc2ccc([N+](=O)[O-])cc2s1)C(=O)O. The second-order valence-electron chi connectivity index (χ2n) is 4.33. The molecule has 0 spiro atoms. The van der Waals surface area contributed by atoms with Crippen LogP contribution in [0.4, 0.5) is 5.69 Å². The van der Waals surface area contributed by atoms with E-state index in [1.807, 2.05) is 0 Å². The van der Waals surface area contributed by atoms with E-state index in [2.05, 4.69) is 4.98 Å². The molecule has 0 aliphatic carbocycles. The molecule has 0 amide bonds. The highest BCUT2D eigenvalue weighted by atomic mass is 32.2. The van der Waals surface area contributed by atoms with Crippen LogP contribution in [0.2, 0.25) is 0 Å². The Balaban J connectivity index is 2.12. The third-order valence-corrected chi connectivity index (χ3v) is 5.07. The summed E-state index contributed by atoms with van der Waals surface area (Å²) in [4.78, 5) is 36.0. The average Bonchev–Trinajstić information content (AvgIpc) is 2.84. The molecule has 116 valence electrons. The van der Waals surface area contributed by atoms with Gasteiger partial charge in [-0.25, -0.2) is 4.98 Å². The Morgan fingerprint density at radius 3 is 2.73 bits per heavy atom. The predicted octanol–water partition coefficient (Wildman–Crippen LogP) is 2.47. The Hall–Kier alpha value is -2.20. The zero-order valence-corrected chi connectivity index (χ0v) is 12.6. The number of carboxylic acids is 2. The number of fused-ring (bicyclic) bond motifs is 1. The number of non-ortho nitro benzene ring substituents is 1. The summed E-state index contributed by atoms with van der Waals surface area (Å²) in [7, 11) is 0. The molecule has 1 heterocycles. The van der Waals surface area contributed by atoms with Crippen LogP contribution in [0.1, 0.15) is 6.42 Å². The van der Waals surface area contributed by atoms with Crippen molar-refractivity contribution < 1.29 is 24.7 Å². The summed E-state index contributed by atoms with van der Waals surface area (Å²) in [5.41, 5.74) is 0.546. The number of nitro groups is 1. The number of thiazole rings is 1. The molecule has 0 saturated carbocycles. The van der Waals surface area contributed by atoms with Gasteiger partial charge in [0.15, 0.2) is 4.34 Å². The fourth-order valence-corrected chi connectivity index (χ4v) is 3.87. The number of thioether (sulfide) groups is 1. The van der Waals surface area contributed by atoms with Crippen LogP contribution in [0, 0.1) is 16.0 Å². The number of rotatable bonds is 7. The molecule has 1 unspecified atom stereocenters. The summed E-state index contributed by atoms with van der Waals surface area (Å²) in [6.45, 7) is 0. The number of carbonyl (C=O) groups is 2. The lowest BCUT2D eigenvalue weighted by Crippen LogP contribution is -2.19. The Morgan fingerprint density at radius 1 is 1.41 bits per heavy atom. The van der Waals surface area contributed by atoms with E-state index in [0.29, 0.717) is 14.6 Å².